The number of nitriles is 1. The van der Waals surface area contributed by atoms with E-state index < -0.39 is 5.82 Å². The van der Waals surface area contributed by atoms with Gasteiger partial charge in [0.15, 0.2) is 0 Å². The highest BCUT2D eigenvalue weighted by Gasteiger charge is 2.00. The van der Waals surface area contributed by atoms with Crippen molar-refractivity contribution in [3.05, 3.63) is 29.6 Å². The summed E-state index contributed by atoms with van der Waals surface area (Å²) >= 11 is 0. The summed E-state index contributed by atoms with van der Waals surface area (Å²) in [5.74, 6) is 5.24. The molecule has 2 nitrogen and oxygen atoms in total. The molecule has 0 atom stereocenters. The standard InChI is InChI=1S/C11H8FNO/c1-14-10-5-6-11(12)9(8-10)4-2-3-7-13/h5-6,8H,3H2,1H3. The van der Waals surface area contributed by atoms with Crippen LogP contribution >= 0.6 is 0 Å². The number of halogens is 1. The molecule has 0 saturated carbocycles. The molecule has 70 valence electrons. The molecule has 0 aliphatic heterocycles. The van der Waals surface area contributed by atoms with E-state index in [9.17, 15) is 4.39 Å². The molecule has 0 amide bonds. The average Bonchev–Trinajstić information content (AvgIpc) is 2.21. The molecule has 0 bridgehead atoms. The number of rotatable bonds is 1. The number of ether oxygens (including phenoxy) is 1. The van der Waals surface area contributed by atoms with Gasteiger partial charge in [0, 0.05) is 0 Å². The number of methoxy groups -OCH3 is 1. The quantitative estimate of drug-likeness (QED) is 0.634. The van der Waals surface area contributed by atoms with Crippen molar-refractivity contribution in [3.63, 3.8) is 0 Å². The predicted molar refractivity (Wildman–Crippen MR) is 50.1 cm³/mol. The molecule has 0 fully saturated rings. The minimum absolute atomic E-state index is 0.0939. The Morgan fingerprint density at radius 1 is 1.50 bits per heavy atom. The lowest BCUT2D eigenvalue weighted by molar-refractivity contribution is 0.413. The van der Waals surface area contributed by atoms with Gasteiger partial charge in [-0.15, -0.1) is 0 Å². The third-order valence-electron chi connectivity index (χ3n) is 1.56. The van der Waals surface area contributed by atoms with Crippen LogP contribution in [-0.2, 0) is 0 Å². The predicted octanol–water partition coefficient (Wildman–Crippen LogP) is 2.10. The highest BCUT2D eigenvalue weighted by Crippen LogP contribution is 2.15. The Balaban J connectivity index is 2.98. The molecule has 1 aromatic carbocycles. The fourth-order valence-corrected chi connectivity index (χ4v) is 0.906. The van der Waals surface area contributed by atoms with Crippen molar-refractivity contribution in [2.45, 2.75) is 6.42 Å². The highest BCUT2D eigenvalue weighted by molar-refractivity contribution is 5.41. The fourth-order valence-electron chi connectivity index (χ4n) is 0.906. The Morgan fingerprint density at radius 3 is 2.93 bits per heavy atom. The van der Waals surface area contributed by atoms with Crippen LogP contribution in [0.3, 0.4) is 0 Å². The summed E-state index contributed by atoms with van der Waals surface area (Å²) in [5.41, 5.74) is 0.250. The molecule has 1 rings (SSSR count). The van der Waals surface area contributed by atoms with Crippen LogP contribution in [-0.4, -0.2) is 7.11 Å². The van der Waals surface area contributed by atoms with Gasteiger partial charge in [0.1, 0.15) is 11.6 Å². The van der Waals surface area contributed by atoms with Gasteiger partial charge in [-0.25, -0.2) is 4.39 Å². The Hall–Kier alpha value is -2.00. The largest absolute Gasteiger partial charge is 0.497 e. The van der Waals surface area contributed by atoms with Crippen molar-refractivity contribution >= 4 is 0 Å². The van der Waals surface area contributed by atoms with Crippen molar-refractivity contribution < 1.29 is 9.13 Å². The van der Waals surface area contributed by atoms with Gasteiger partial charge in [-0.1, -0.05) is 11.8 Å². The summed E-state index contributed by atoms with van der Waals surface area (Å²) in [4.78, 5) is 0. The fraction of sp³-hybridized carbons (Fsp3) is 0.182. The Labute approximate surface area is 81.9 Å². The zero-order chi connectivity index (χ0) is 10.4. The maximum Gasteiger partial charge on any atom is 0.139 e. The molecule has 0 aliphatic carbocycles. The second-order valence-electron chi connectivity index (χ2n) is 2.48. The molecule has 0 N–H and O–H groups in total. The van der Waals surface area contributed by atoms with Crippen LogP contribution in [0.1, 0.15) is 12.0 Å². The maximum absolute atomic E-state index is 13.1. The lowest BCUT2D eigenvalue weighted by Crippen LogP contribution is -1.87. The van der Waals surface area contributed by atoms with E-state index >= 15 is 0 Å². The van der Waals surface area contributed by atoms with Crippen LogP contribution in [0.2, 0.25) is 0 Å². The number of hydrogen-bond acceptors (Lipinski definition) is 2. The van der Waals surface area contributed by atoms with Crippen LogP contribution in [0.5, 0.6) is 5.75 Å². The monoisotopic (exact) mass is 189 g/mol. The van der Waals surface area contributed by atoms with E-state index in [-0.39, 0.29) is 12.0 Å². The molecule has 0 radical (unpaired) electrons. The molecule has 0 unspecified atom stereocenters. The van der Waals surface area contributed by atoms with E-state index in [1.54, 1.807) is 0 Å². The van der Waals surface area contributed by atoms with Crippen molar-refractivity contribution in [2.75, 3.05) is 7.11 Å². The van der Waals surface area contributed by atoms with Crippen molar-refractivity contribution in [1.82, 2.24) is 0 Å². The van der Waals surface area contributed by atoms with Crippen LogP contribution in [0.15, 0.2) is 18.2 Å². The molecule has 0 saturated heterocycles. The summed E-state index contributed by atoms with van der Waals surface area (Å²) < 4.78 is 18.0. The van der Waals surface area contributed by atoms with E-state index in [4.69, 9.17) is 10.00 Å². The number of hydrogen-bond donors (Lipinski definition) is 0. The van der Waals surface area contributed by atoms with Crippen LogP contribution < -0.4 is 4.74 Å². The molecule has 0 aromatic heterocycles. The lowest BCUT2D eigenvalue weighted by atomic mass is 10.2. The molecule has 0 heterocycles. The Morgan fingerprint density at radius 2 is 2.29 bits per heavy atom. The second-order valence-corrected chi connectivity index (χ2v) is 2.48. The van der Waals surface area contributed by atoms with Gasteiger partial charge in [-0.3, -0.25) is 0 Å². The van der Waals surface area contributed by atoms with Gasteiger partial charge in [0.2, 0.25) is 0 Å². The summed E-state index contributed by atoms with van der Waals surface area (Å²) in [6.45, 7) is 0. The maximum atomic E-state index is 13.1. The minimum Gasteiger partial charge on any atom is -0.497 e. The molecular weight excluding hydrogens is 181 g/mol. The number of nitrogens with zero attached hydrogens (tertiary/aromatic N) is 1. The highest BCUT2D eigenvalue weighted by atomic mass is 19.1. The first-order valence-electron chi connectivity index (χ1n) is 3.97. The lowest BCUT2D eigenvalue weighted by Gasteiger charge is -1.99. The summed E-state index contributed by atoms with van der Waals surface area (Å²) in [7, 11) is 1.50. The van der Waals surface area contributed by atoms with E-state index in [0.29, 0.717) is 5.75 Å². The first-order chi connectivity index (χ1) is 6.77. The van der Waals surface area contributed by atoms with Crippen LogP contribution in [0, 0.1) is 29.0 Å². The summed E-state index contributed by atoms with van der Waals surface area (Å²) in [6, 6.07) is 6.16. The summed E-state index contributed by atoms with van der Waals surface area (Å²) in [6.07, 6.45) is 0.0939. The topological polar surface area (TPSA) is 33.0 Å². The molecule has 1 aromatic rings. The third kappa shape index (κ3) is 2.50. The zero-order valence-corrected chi connectivity index (χ0v) is 7.67. The minimum atomic E-state index is -0.406. The van der Waals surface area contributed by atoms with Crippen LogP contribution in [0.25, 0.3) is 0 Å². The Kier molecular flexibility index (Phi) is 3.52. The average molecular weight is 189 g/mol. The van der Waals surface area contributed by atoms with Crippen molar-refractivity contribution in [2.24, 2.45) is 0 Å². The van der Waals surface area contributed by atoms with Crippen molar-refractivity contribution in [1.29, 1.82) is 5.26 Å². The first-order valence-corrected chi connectivity index (χ1v) is 3.97. The van der Waals surface area contributed by atoms with E-state index in [0.717, 1.165) is 0 Å². The first kappa shape index (κ1) is 10.1. The van der Waals surface area contributed by atoms with Gasteiger partial charge in [-0.05, 0) is 18.2 Å². The van der Waals surface area contributed by atoms with Crippen LogP contribution in [0.4, 0.5) is 4.39 Å². The van der Waals surface area contributed by atoms with E-state index in [2.05, 4.69) is 11.8 Å². The van der Waals surface area contributed by atoms with Gasteiger partial charge in [0.05, 0.1) is 25.2 Å². The van der Waals surface area contributed by atoms with E-state index in [1.807, 2.05) is 6.07 Å². The molecule has 0 aliphatic rings. The number of benzene rings is 1. The molecular formula is C11H8FNO. The van der Waals surface area contributed by atoms with Gasteiger partial charge in [0.25, 0.3) is 0 Å². The van der Waals surface area contributed by atoms with Crippen molar-refractivity contribution in [3.8, 4) is 23.7 Å². The van der Waals surface area contributed by atoms with Gasteiger partial charge < -0.3 is 4.74 Å². The summed E-state index contributed by atoms with van der Waals surface area (Å²) in [5, 5.41) is 8.24. The SMILES string of the molecule is COc1ccc(F)c(C#CCC#N)c1. The Bertz CT molecular complexity index is 423. The second kappa shape index (κ2) is 4.89. The molecule has 3 heteroatoms. The molecule has 14 heavy (non-hydrogen) atoms. The normalized spacial score (nSPS) is 8.36. The smallest absolute Gasteiger partial charge is 0.139 e. The molecule has 0 spiro atoms. The van der Waals surface area contributed by atoms with Gasteiger partial charge in [-0.2, -0.15) is 5.26 Å². The van der Waals surface area contributed by atoms with Gasteiger partial charge >= 0.3 is 0 Å². The third-order valence-corrected chi connectivity index (χ3v) is 1.56. The zero-order valence-electron chi connectivity index (χ0n) is 7.67. The van der Waals surface area contributed by atoms with E-state index in [1.165, 1.54) is 25.3 Å².